The largest absolute Gasteiger partial charge is 0.326 e. The minimum atomic E-state index is 0.566. The fourth-order valence-corrected chi connectivity index (χ4v) is 2.40. The molecule has 2 aromatic rings. The number of hydrogen-bond donors (Lipinski definition) is 1. The van der Waals surface area contributed by atoms with Crippen LogP contribution in [0.5, 0.6) is 0 Å². The fraction of sp³-hybridized carbons (Fsp3) is 0.250. The summed E-state index contributed by atoms with van der Waals surface area (Å²) in [4.78, 5) is 5.76. The number of nitrogens with two attached hydrogens (primary N) is 1. The van der Waals surface area contributed by atoms with Crippen molar-refractivity contribution in [3.05, 3.63) is 40.2 Å². The average Bonchev–Trinajstić information content (AvgIpc) is 2.76. The molecule has 0 atom stereocenters. The van der Waals surface area contributed by atoms with E-state index in [1.54, 1.807) is 11.3 Å². The summed E-state index contributed by atoms with van der Waals surface area (Å²) in [7, 11) is 0. The third kappa shape index (κ3) is 1.94. The van der Waals surface area contributed by atoms with Crippen LogP contribution in [0.25, 0.3) is 11.3 Å². The van der Waals surface area contributed by atoms with E-state index < -0.39 is 0 Å². The van der Waals surface area contributed by atoms with Crippen molar-refractivity contribution in [2.24, 2.45) is 5.73 Å². The Balaban J connectivity index is 2.53. The van der Waals surface area contributed by atoms with Gasteiger partial charge in [0.1, 0.15) is 0 Å². The second-order valence-electron chi connectivity index (χ2n) is 3.34. The number of hydrogen-bond acceptors (Lipinski definition) is 3. The maximum absolute atomic E-state index is 5.72. The van der Waals surface area contributed by atoms with Crippen LogP contribution < -0.4 is 5.73 Å². The summed E-state index contributed by atoms with van der Waals surface area (Å²) >= 11 is 1.71. The third-order valence-corrected chi connectivity index (χ3v) is 3.43. The first-order chi connectivity index (χ1) is 7.36. The first-order valence-corrected chi connectivity index (χ1v) is 5.95. The lowest BCUT2D eigenvalue weighted by atomic mass is 10.0. The van der Waals surface area contributed by atoms with E-state index in [4.69, 9.17) is 5.73 Å². The van der Waals surface area contributed by atoms with E-state index in [1.807, 2.05) is 17.6 Å². The highest BCUT2D eigenvalue weighted by Crippen LogP contribution is 2.28. The van der Waals surface area contributed by atoms with Gasteiger partial charge in [0.15, 0.2) is 0 Å². The summed E-state index contributed by atoms with van der Waals surface area (Å²) in [5.41, 5.74) is 11.1. The molecule has 0 aliphatic rings. The van der Waals surface area contributed by atoms with Crippen LogP contribution in [0.2, 0.25) is 0 Å². The molecule has 2 nitrogen and oxygen atoms in total. The standard InChI is InChI=1S/C12H14N2S/c1-2-11-12(14-8-15-11)10-6-4-3-5-9(10)7-13/h3-6,8H,2,7,13H2,1H3. The lowest BCUT2D eigenvalue weighted by Crippen LogP contribution is -1.99. The van der Waals surface area contributed by atoms with Crippen LogP contribution in [0, 0.1) is 0 Å². The molecule has 0 aliphatic carbocycles. The van der Waals surface area contributed by atoms with Gasteiger partial charge in [0.2, 0.25) is 0 Å². The molecule has 0 amide bonds. The normalized spacial score (nSPS) is 10.5. The van der Waals surface area contributed by atoms with Crippen molar-refractivity contribution >= 4 is 11.3 Å². The number of benzene rings is 1. The molecule has 0 bridgehead atoms. The van der Waals surface area contributed by atoms with Gasteiger partial charge in [-0.25, -0.2) is 4.98 Å². The molecule has 1 aromatic carbocycles. The number of aromatic nitrogens is 1. The van der Waals surface area contributed by atoms with Crippen LogP contribution in [0.15, 0.2) is 29.8 Å². The Morgan fingerprint density at radius 1 is 1.33 bits per heavy atom. The predicted octanol–water partition coefficient (Wildman–Crippen LogP) is 2.83. The minimum absolute atomic E-state index is 0.566. The van der Waals surface area contributed by atoms with Crippen LogP contribution in [0.1, 0.15) is 17.4 Å². The highest BCUT2D eigenvalue weighted by Gasteiger charge is 2.09. The second kappa shape index (κ2) is 4.55. The molecular formula is C12H14N2S. The first-order valence-electron chi connectivity index (χ1n) is 5.07. The first kappa shape index (κ1) is 10.3. The van der Waals surface area contributed by atoms with Crippen molar-refractivity contribution in [2.45, 2.75) is 19.9 Å². The van der Waals surface area contributed by atoms with Crippen LogP contribution in [0.3, 0.4) is 0 Å². The molecule has 0 spiro atoms. The van der Waals surface area contributed by atoms with E-state index in [-0.39, 0.29) is 0 Å². The summed E-state index contributed by atoms with van der Waals surface area (Å²) in [5.74, 6) is 0. The molecule has 0 unspecified atom stereocenters. The number of nitrogens with zero attached hydrogens (tertiary/aromatic N) is 1. The lowest BCUT2D eigenvalue weighted by molar-refractivity contribution is 1.07. The van der Waals surface area contributed by atoms with Gasteiger partial charge in [-0.15, -0.1) is 11.3 Å². The molecule has 0 saturated heterocycles. The molecule has 78 valence electrons. The van der Waals surface area contributed by atoms with Crippen molar-refractivity contribution in [1.29, 1.82) is 0 Å². The number of rotatable bonds is 3. The fourth-order valence-electron chi connectivity index (χ4n) is 1.67. The summed E-state index contributed by atoms with van der Waals surface area (Å²) in [6.07, 6.45) is 1.03. The van der Waals surface area contributed by atoms with Crippen molar-refractivity contribution in [3.63, 3.8) is 0 Å². The lowest BCUT2D eigenvalue weighted by Gasteiger charge is -2.06. The van der Waals surface area contributed by atoms with Crippen LogP contribution in [0.4, 0.5) is 0 Å². The molecule has 1 heterocycles. The van der Waals surface area contributed by atoms with Crippen molar-refractivity contribution < 1.29 is 0 Å². The van der Waals surface area contributed by atoms with E-state index in [0.29, 0.717) is 6.54 Å². The Morgan fingerprint density at radius 2 is 2.13 bits per heavy atom. The molecule has 0 saturated carbocycles. The summed E-state index contributed by atoms with van der Waals surface area (Å²) < 4.78 is 0. The SMILES string of the molecule is CCc1scnc1-c1ccccc1CN. The zero-order valence-electron chi connectivity index (χ0n) is 8.73. The van der Waals surface area contributed by atoms with Crippen LogP contribution in [-0.2, 0) is 13.0 Å². The summed E-state index contributed by atoms with van der Waals surface area (Å²) in [6.45, 7) is 2.72. The van der Waals surface area contributed by atoms with Gasteiger partial charge in [-0.3, -0.25) is 0 Å². The number of thiazole rings is 1. The molecule has 0 fully saturated rings. The zero-order valence-corrected chi connectivity index (χ0v) is 9.55. The monoisotopic (exact) mass is 218 g/mol. The summed E-state index contributed by atoms with van der Waals surface area (Å²) in [5, 5.41) is 0. The van der Waals surface area contributed by atoms with E-state index in [9.17, 15) is 0 Å². The van der Waals surface area contributed by atoms with Gasteiger partial charge < -0.3 is 5.73 Å². The molecular weight excluding hydrogens is 204 g/mol. The average molecular weight is 218 g/mol. The Morgan fingerprint density at radius 3 is 2.87 bits per heavy atom. The zero-order chi connectivity index (χ0) is 10.7. The summed E-state index contributed by atoms with van der Waals surface area (Å²) in [6, 6.07) is 8.21. The van der Waals surface area contributed by atoms with Gasteiger partial charge >= 0.3 is 0 Å². The van der Waals surface area contributed by atoms with E-state index in [0.717, 1.165) is 17.7 Å². The smallest absolute Gasteiger partial charge is 0.0846 e. The topological polar surface area (TPSA) is 38.9 Å². The van der Waals surface area contributed by atoms with Gasteiger partial charge in [0.05, 0.1) is 11.2 Å². The van der Waals surface area contributed by atoms with Gasteiger partial charge in [0.25, 0.3) is 0 Å². The maximum Gasteiger partial charge on any atom is 0.0846 e. The predicted molar refractivity (Wildman–Crippen MR) is 64.8 cm³/mol. The van der Waals surface area contributed by atoms with E-state index in [1.165, 1.54) is 10.4 Å². The Kier molecular flexibility index (Phi) is 3.14. The van der Waals surface area contributed by atoms with Crippen LogP contribution >= 0.6 is 11.3 Å². The molecule has 1 aromatic heterocycles. The number of aryl methyl sites for hydroxylation is 1. The maximum atomic E-state index is 5.72. The molecule has 0 aliphatic heterocycles. The van der Waals surface area contributed by atoms with Crippen molar-refractivity contribution in [1.82, 2.24) is 4.98 Å². The van der Waals surface area contributed by atoms with Gasteiger partial charge in [-0.05, 0) is 12.0 Å². The Bertz CT molecular complexity index is 448. The van der Waals surface area contributed by atoms with Gasteiger partial charge in [-0.1, -0.05) is 31.2 Å². The van der Waals surface area contributed by atoms with E-state index >= 15 is 0 Å². The molecule has 2 rings (SSSR count). The second-order valence-corrected chi connectivity index (χ2v) is 4.28. The van der Waals surface area contributed by atoms with Crippen molar-refractivity contribution in [2.75, 3.05) is 0 Å². The van der Waals surface area contributed by atoms with Crippen LogP contribution in [-0.4, -0.2) is 4.98 Å². The Hall–Kier alpha value is -1.19. The minimum Gasteiger partial charge on any atom is -0.326 e. The quantitative estimate of drug-likeness (QED) is 0.860. The highest BCUT2D eigenvalue weighted by atomic mass is 32.1. The third-order valence-electron chi connectivity index (χ3n) is 2.45. The molecule has 3 heteroatoms. The van der Waals surface area contributed by atoms with E-state index in [2.05, 4.69) is 24.0 Å². The van der Waals surface area contributed by atoms with Gasteiger partial charge in [-0.2, -0.15) is 0 Å². The molecule has 0 radical (unpaired) electrons. The molecule has 15 heavy (non-hydrogen) atoms. The van der Waals surface area contributed by atoms with Gasteiger partial charge in [0, 0.05) is 17.0 Å². The Labute approximate surface area is 93.8 Å². The van der Waals surface area contributed by atoms with Crippen molar-refractivity contribution in [3.8, 4) is 11.3 Å². The molecule has 2 N–H and O–H groups in total. The highest BCUT2D eigenvalue weighted by molar-refractivity contribution is 7.10.